The van der Waals surface area contributed by atoms with Gasteiger partial charge < -0.3 is 9.64 Å². The monoisotopic (exact) mass is 323 g/mol. The third kappa shape index (κ3) is 3.68. The average Bonchev–Trinajstić information content (AvgIpc) is 2.67. The molecular weight excluding hydrogens is 298 g/mol. The minimum Gasteiger partial charge on any atom is -0.377 e. The van der Waals surface area contributed by atoms with Crippen molar-refractivity contribution in [3.8, 4) is 11.1 Å². The molecule has 0 aromatic heterocycles. The van der Waals surface area contributed by atoms with Gasteiger partial charge >= 0.3 is 0 Å². The van der Waals surface area contributed by atoms with Crippen molar-refractivity contribution >= 4 is 5.91 Å². The fourth-order valence-corrected chi connectivity index (χ4v) is 3.22. The van der Waals surface area contributed by atoms with Crippen molar-refractivity contribution in [2.24, 2.45) is 0 Å². The van der Waals surface area contributed by atoms with Crippen LogP contribution in [0.1, 0.15) is 48.2 Å². The van der Waals surface area contributed by atoms with E-state index >= 15 is 0 Å². The first-order valence-corrected chi connectivity index (χ1v) is 8.71. The summed E-state index contributed by atoms with van der Waals surface area (Å²) in [6, 6.07) is 16.3. The molecule has 0 bridgehead atoms. The maximum absolute atomic E-state index is 12.7. The van der Waals surface area contributed by atoms with Crippen LogP contribution in [-0.4, -0.2) is 31.0 Å². The second-order valence-electron chi connectivity index (χ2n) is 6.44. The average molecular weight is 323 g/mol. The molecule has 1 fully saturated rings. The largest absolute Gasteiger partial charge is 0.377 e. The first kappa shape index (κ1) is 16.7. The van der Waals surface area contributed by atoms with E-state index in [4.69, 9.17) is 4.74 Å². The van der Waals surface area contributed by atoms with Crippen molar-refractivity contribution in [3.05, 3.63) is 59.7 Å². The molecule has 1 saturated heterocycles. The van der Waals surface area contributed by atoms with Crippen molar-refractivity contribution in [1.82, 2.24) is 4.90 Å². The number of nitrogens with zero attached hydrogens (tertiary/aromatic N) is 1. The molecule has 1 atom stereocenters. The van der Waals surface area contributed by atoms with E-state index in [0.717, 1.165) is 48.2 Å². The van der Waals surface area contributed by atoms with Gasteiger partial charge in [-0.2, -0.15) is 0 Å². The van der Waals surface area contributed by atoms with E-state index in [1.54, 1.807) is 7.11 Å². The van der Waals surface area contributed by atoms with E-state index in [1.165, 1.54) is 6.42 Å². The third-order valence-electron chi connectivity index (χ3n) is 4.80. The van der Waals surface area contributed by atoms with Gasteiger partial charge in [0.1, 0.15) is 0 Å². The third-order valence-corrected chi connectivity index (χ3v) is 4.80. The van der Waals surface area contributed by atoms with Crippen LogP contribution >= 0.6 is 0 Å². The molecule has 1 heterocycles. The topological polar surface area (TPSA) is 29.5 Å². The second kappa shape index (κ2) is 7.63. The van der Waals surface area contributed by atoms with Crippen LogP contribution in [0.2, 0.25) is 0 Å². The van der Waals surface area contributed by atoms with Gasteiger partial charge in [0.2, 0.25) is 0 Å². The van der Waals surface area contributed by atoms with Crippen molar-refractivity contribution in [2.45, 2.75) is 32.3 Å². The van der Waals surface area contributed by atoms with Gasteiger partial charge in [0, 0.05) is 25.8 Å². The highest BCUT2D eigenvalue weighted by Gasteiger charge is 2.18. The molecule has 0 unspecified atom stereocenters. The first-order chi connectivity index (χ1) is 11.7. The molecule has 0 saturated carbocycles. The van der Waals surface area contributed by atoms with E-state index in [2.05, 4.69) is 24.3 Å². The maximum atomic E-state index is 12.7. The Hall–Kier alpha value is -2.13. The fourth-order valence-electron chi connectivity index (χ4n) is 3.22. The molecule has 0 aliphatic carbocycles. The van der Waals surface area contributed by atoms with E-state index in [0.29, 0.717) is 0 Å². The van der Waals surface area contributed by atoms with E-state index < -0.39 is 0 Å². The molecule has 126 valence electrons. The molecule has 0 radical (unpaired) electrons. The van der Waals surface area contributed by atoms with Gasteiger partial charge in [-0.25, -0.2) is 0 Å². The molecule has 3 nitrogen and oxygen atoms in total. The van der Waals surface area contributed by atoms with Crippen molar-refractivity contribution in [2.75, 3.05) is 20.2 Å². The lowest BCUT2D eigenvalue weighted by Gasteiger charge is -2.26. The van der Waals surface area contributed by atoms with Crippen LogP contribution in [0.3, 0.4) is 0 Å². The summed E-state index contributed by atoms with van der Waals surface area (Å²) >= 11 is 0. The molecule has 0 spiro atoms. The van der Waals surface area contributed by atoms with Crippen LogP contribution < -0.4 is 0 Å². The predicted molar refractivity (Wildman–Crippen MR) is 97.1 cm³/mol. The second-order valence-corrected chi connectivity index (χ2v) is 6.44. The lowest BCUT2D eigenvalue weighted by Crippen LogP contribution is -2.35. The fraction of sp³-hybridized carbons (Fsp3) is 0.381. The first-order valence-electron chi connectivity index (χ1n) is 8.71. The smallest absolute Gasteiger partial charge is 0.253 e. The number of carbonyl (C=O) groups excluding carboxylic acids is 1. The molecule has 3 heteroatoms. The normalized spacial score (nSPS) is 16.0. The minimum atomic E-state index is 0.0584. The van der Waals surface area contributed by atoms with E-state index in [-0.39, 0.29) is 12.0 Å². The van der Waals surface area contributed by atoms with Gasteiger partial charge in [0.05, 0.1) is 6.10 Å². The number of methoxy groups -OCH3 is 1. The lowest BCUT2D eigenvalue weighted by atomic mass is 9.99. The molecular formula is C21H25NO2. The number of piperidine rings is 1. The van der Waals surface area contributed by atoms with Crippen LogP contribution in [0.4, 0.5) is 0 Å². The summed E-state index contributed by atoms with van der Waals surface area (Å²) in [5.74, 6) is 0.151. The molecule has 1 amide bonds. The lowest BCUT2D eigenvalue weighted by molar-refractivity contribution is 0.0724. The minimum absolute atomic E-state index is 0.0584. The summed E-state index contributed by atoms with van der Waals surface area (Å²) in [6.07, 6.45) is 3.52. The summed E-state index contributed by atoms with van der Waals surface area (Å²) in [4.78, 5) is 14.7. The van der Waals surface area contributed by atoms with Gasteiger partial charge in [-0.1, -0.05) is 30.3 Å². The Balaban J connectivity index is 1.86. The predicted octanol–water partition coefficient (Wildman–Crippen LogP) is 4.69. The van der Waals surface area contributed by atoms with E-state index in [9.17, 15) is 4.79 Å². The Labute approximate surface area is 144 Å². The van der Waals surface area contributed by atoms with Crippen molar-refractivity contribution in [3.63, 3.8) is 0 Å². The van der Waals surface area contributed by atoms with Crippen LogP contribution in [0, 0.1) is 0 Å². The number of ether oxygens (including phenoxy) is 1. The Bertz CT molecular complexity index is 704. The number of amides is 1. The Morgan fingerprint density at radius 2 is 1.67 bits per heavy atom. The van der Waals surface area contributed by atoms with Gasteiger partial charge in [-0.15, -0.1) is 0 Å². The molecule has 0 N–H and O–H groups in total. The standard InChI is InChI=1S/C21H25NO2/c1-16(24-2)17-8-6-9-18(14-17)19-10-7-11-20(15-19)21(23)22-12-4-3-5-13-22/h6-11,14-16H,3-5,12-13H2,1-2H3/t16-/m1/s1. The number of rotatable bonds is 4. The van der Waals surface area contributed by atoms with Gasteiger partial charge in [-0.3, -0.25) is 4.79 Å². The van der Waals surface area contributed by atoms with Gasteiger partial charge in [0.25, 0.3) is 5.91 Å². The highest BCUT2D eigenvalue weighted by molar-refractivity contribution is 5.95. The number of hydrogen-bond donors (Lipinski definition) is 0. The summed E-state index contributed by atoms with van der Waals surface area (Å²) in [6.45, 7) is 3.79. The highest BCUT2D eigenvalue weighted by atomic mass is 16.5. The van der Waals surface area contributed by atoms with Crippen molar-refractivity contribution in [1.29, 1.82) is 0 Å². The Kier molecular flexibility index (Phi) is 5.31. The molecule has 2 aromatic rings. The van der Waals surface area contributed by atoms with E-state index in [1.807, 2.05) is 36.1 Å². The highest BCUT2D eigenvalue weighted by Crippen LogP contribution is 2.26. The van der Waals surface area contributed by atoms with Gasteiger partial charge in [0.15, 0.2) is 0 Å². The van der Waals surface area contributed by atoms with Crippen LogP contribution in [0.15, 0.2) is 48.5 Å². The molecule has 1 aliphatic rings. The summed E-state index contributed by atoms with van der Waals surface area (Å²) in [5.41, 5.74) is 4.11. The maximum Gasteiger partial charge on any atom is 0.253 e. The molecule has 2 aromatic carbocycles. The van der Waals surface area contributed by atoms with Crippen LogP contribution in [0.25, 0.3) is 11.1 Å². The zero-order chi connectivity index (χ0) is 16.9. The molecule has 1 aliphatic heterocycles. The number of likely N-dealkylation sites (tertiary alicyclic amines) is 1. The summed E-state index contributed by atoms with van der Waals surface area (Å²) in [7, 11) is 1.72. The Morgan fingerprint density at radius 3 is 2.38 bits per heavy atom. The zero-order valence-electron chi connectivity index (χ0n) is 14.5. The summed E-state index contributed by atoms with van der Waals surface area (Å²) in [5, 5.41) is 0. The SMILES string of the molecule is CO[C@H](C)c1cccc(-c2cccc(C(=O)N3CCCCC3)c2)c1. The van der Waals surface area contributed by atoms with Crippen LogP contribution in [0.5, 0.6) is 0 Å². The Morgan fingerprint density at radius 1 is 1.00 bits per heavy atom. The summed E-state index contributed by atoms with van der Waals surface area (Å²) < 4.78 is 5.41. The zero-order valence-corrected chi connectivity index (χ0v) is 14.5. The molecule has 24 heavy (non-hydrogen) atoms. The van der Waals surface area contributed by atoms with Crippen LogP contribution in [-0.2, 0) is 4.74 Å². The van der Waals surface area contributed by atoms with Crippen molar-refractivity contribution < 1.29 is 9.53 Å². The number of benzene rings is 2. The molecule has 3 rings (SSSR count). The quantitative estimate of drug-likeness (QED) is 0.817. The number of carbonyl (C=O) groups is 1. The number of hydrogen-bond acceptors (Lipinski definition) is 2. The van der Waals surface area contributed by atoms with Gasteiger partial charge in [-0.05, 0) is 61.1 Å².